The lowest BCUT2D eigenvalue weighted by Gasteiger charge is -2.20. The van der Waals surface area contributed by atoms with Gasteiger partial charge in [0.25, 0.3) is 5.56 Å². The van der Waals surface area contributed by atoms with E-state index in [4.69, 9.17) is 9.73 Å². The number of hydrogen-bond donors (Lipinski definition) is 2. The van der Waals surface area contributed by atoms with Gasteiger partial charge in [0, 0.05) is 28.7 Å². The van der Waals surface area contributed by atoms with Crippen LogP contribution in [-0.2, 0) is 6.54 Å². The van der Waals surface area contributed by atoms with Gasteiger partial charge < -0.3 is 9.84 Å². The van der Waals surface area contributed by atoms with Crippen LogP contribution in [0.3, 0.4) is 0 Å². The smallest absolute Gasteiger partial charge is 0.331 e. The van der Waals surface area contributed by atoms with Gasteiger partial charge in [0.1, 0.15) is 11.3 Å². The number of aliphatic imine (C=N–C) groups is 1. The zero-order chi connectivity index (χ0) is 23.4. The van der Waals surface area contributed by atoms with Crippen molar-refractivity contribution in [3.63, 3.8) is 0 Å². The molecule has 1 aromatic heterocycles. The Morgan fingerprint density at radius 2 is 1.91 bits per heavy atom. The molecule has 0 aliphatic carbocycles. The molecule has 7 nitrogen and oxygen atoms in total. The lowest BCUT2D eigenvalue weighted by molar-refractivity contribution is 0.336. The van der Waals surface area contributed by atoms with E-state index in [0.29, 0.717) is 31.7 Å². The number of benzene rings is 2. The molecule has 33 heavy (non-hydrogen) atoms. The van der Waals surface area contributed by atoms with Crippen LogP contribution < -0.4 is 16.0 Å². The van der Waals surface area contributed by atoms with Gasteiger partial charge >= 0.3 is 5.69 Å². The van der Waals surface area contributed by atoms with Crippen LogP contribution in [0, 0.1) is 0 Å². The second-order valence-corrected chi connectivity index (χ2v) is 9.02. The van der Waals surface area contributed by atoms with E-state index < -0.39 is 11.2 Å². The van der Waals surface area contributed by atoms with Gasteiger partial charge in [-0.3, -0.25) is 19.3 Å². The molecular formula is C25H27N3O4S. The van der Waals surface area contributed by atoms with Crippen molar-refractivity contribution in [1.82, 2.24) is 9.55 Å². The van der Waals surface area contributed by atoms with Gasteiger partial charge in [-0.2, -0.15) is 0 Å². The minimum atomic E-state index is -0.634. The monoisotopic (exact) mass is 465 g/mol. The fraction of sp³-hybridized carbons (Fsp3) is 0.320. The highest BCUT2D eigenvalue weighted by atomic mass is 32.2. The zero-order valence-electron chi connectivity index (χ0n) is 18.7. The highest BCUT2D eigenvalue weighted by Crippen LogP contribution is 2.47. The molecule has 1 aliphatic heterocycles. The molecule has 2 N–H and O–H groups in total. The Morgan fingerprint density at radius 1 is 1.15 bits per heavy atom. The van der Waals surface area contributed by atoms with Crippen molar-refractivity contribution in [3.8, 4) is 11.6 Å². The molecule has 0 bridgehead atoms. The predicted octanol–water partition coefficient (Wildman–Crippen LogP) is 4.80. The van der Waals surface area contributed by atoms with E-state index in [9.17, 15) is 14.7 Å². The van der Waals surface area contributed by atoms with Crippen LogP contribution in [0.2, 0.25) is 0 Å². The fourth-order valence-corrected chi connectivity index (χ4v) is 5.18. The van der Waals surface area contributed by atoms with Crippen LogP contribution in [0.25, 0.3) is 0 Å². The number of aromatic hydroxyl groups is 1. The number of fused-ring (bicyclic) bond motifs is 1. The van der Waals surface area contributed by atoms with Crippen molar-refractivity contribution in [3.05, 3.63) is 80.5 Å². The maximum Gasteiger partial charge on any atom is 0.331 e. The van der Waals surface area contributed by atoms with Crippen LogP contribution in [0.1, 0.15) is 49.5 Å². The number of unbranched alkanes of at least 4 members (excludes halogenated alkanes) is 1. The van der Waals surface area contributed by atoms with Gasteiger partial charge in [-0.1, -0.05) is 43.7 Å². The van der Waals surface area contributed by atoms with Crippen molar-refractivity contribution < 1.29 is 9.84 Å². The third-order valence-corrected chi connectivity index (χ3v) is 6.83. The molecule has 8 heteroatoms. The number of rotatable bonds is 7. The molecule has 0 spiro atoms. The molecule has 0 unspecified atom stereocenters. The first kappa shape index (κ1) is 22.9. The van der Waals surface area contributed by atoms with Crippen LogP contribution in [0.5, 0.6) is 11.6 Å². The van der Waals surface area contributed by atoms with Crippen LogP contribution in [0.4, 0.5) is 5.69 Å². The van der Waals surface area contributed by atoms with Gasteiger partial charge in [0.05, 0.1) is 18.0 Å². The predicted molar refractivity (Wildman–Crippen MR) is 131 cm³/mol. The maximum atomic E-state index is 12.9. The fourth-order valence-electron chi connectivity index (χ4n) is 3.92. The lowest BCUT2D eigenvalue weighted by Crippen LogP contribution is -2.34. The molecular weight excluding hydrogens is 438 g/mol. The Hall–Kier alpha value is -3.26. The number of H-pyrrole nitrogens is 1. The van der Waals surface area contributed by atoms with Crippen molar-refractivity contribution >= 4 is 23.2 Å². The molecule has 3 aromatic rings. The highest BCUT2D eigenvalue weighted by Gasteiger charge is 2.28. The van der Waals surface area contributed by atoms with Crippen molar-refractivity contribution in [1.29, 1.82) is 0 Å². The number of nitrogens with one attached hydrogen (secondary N) is 1. The number of hydrogen-bond acceptors (Lipinski definition) is 6. The summed E-state index contributed by atoms with van der Waals surface area (Å²) in [6.07, 6.45) is 1.93. The third-order valence-electron chi connectivity index (χ3n) is 5.53. The standard InChI is InChI=1S/C25H27N3O4S/c1-3-5-14-28-24(30)22(23(29)27-25(28)31)18-15-21(16-10-6-8-12-19(16)32-4-2)33-20-13-9-7-11-17(20)26-18/h6-13,21,30H,3-5,14-15H2,1-2H3,(H,27,29,31)/t21-/m0/s1. The van der Waals surface area contributed by atoms with E-state index in [1.165, 1.54) is 4.57 Å². The number of para-hydroxylation sites is 2. The third kappa shape index (κ3) is 4.75. The summed E-state index contributed by atoms with van der Waals surface area (Å²) in [7, 11) is 0. The Morgan fingerprint density at radius 3 is 2.70 bits per heavy atom. The number of nitrogens with zero attached hydrogens (tertiary/aromatic N) is 2. The van der Waals surface area contributed by atoms with E-state index in [0.717, 1.165) is 28.3 Å². The number of thioether (sulfide) groups is 1. The zero-order valence-corrected chi connectivity index (χ0v) is 19.5. The molecule has 0 fully saturated rings. The molecule has 172 valence electrons. The molecule has 2 aromatic carbocycles. The van der Waals surface area contributed by atoms with Gasteiger partial charge in [-0.05, 0) is 31.5 Å². The molecule has 0 radical (unpaired) electrons. The van der Waals surface area contributed by atoms with Crippen molar-refractivity contribution in [2.45, 2.75) is 49.8 Å². The Kier molecular flexibility index (Phi) is 7.03. The van der Waals surface area contributed by atoms with Gasteiger partial charge in [0.15, 0.2) is 0 Å². The van der Waals surface area contributed by atoms with Crippen molar-refractivity contribution in [2.75, 3.05) is 6.61 Å². The molecule has 0 saturated heterocycles. The first-order chi connectivity index (χ1) is 16.0. The van der Waals surface area contributed by atoms with Gasteiger partial charge in [0.2, 0.25) is 5.88 Å². The van der Waals surface area contributed by atoms with Crippen LogP contribution in [-0.4, -0.2) is 27.0 Å². The molecule has 0 saturated carbocycles. The van der Waals surface area contributed by atoms with Gasteiger partial charge in [-0.15, -0.1) is 11.8 Å². The second-order valence-electron chi connectivity index (χ2n) is 7.77. The summed E-state index contributed by atoms with van der Waals surface area (Å²) in [5, 5.41) is 10.9. The average Bonchev–Trinajstić information content (AvgIpc) is 2.99. The topological polar surface area (TPSA) is 96.7 Å². The molecule has 2 heterocycles. The minimum Gasteiger partial charge on any atom is -0.494 e. The first-order valence-electron chi connectivity index (χ1n) is 11.1. The summed E-state index contributed by atoms with van der Waals surface area (Å²) in [5.41, 5.74) is 0.944. The molecule has 1 atom stereocenters. The Balaban J connectivity index is 1.88. The summed E-state index contributed by atoms with van der Waals surface area (Å²) in [6, 6.07) is 15.6. The highest BCUT2D eigenvalue weighted by molar-refractivity contribution is 7.99. The number of aromatic nitrogens is 2. The quantitative estimate of drug-likeness (QED) is 0.523. The Bertz CT molecular complexity index is 1300. The normalized spacial score (nSPS) is 15.5. The summed E-state index contributed by atoms with van der Waals surface area (Å²) < 4.78 is 7.09. The van der Waals surface area contributed by atoms with E-state index in [2.05, 4.69) is 4.98 Å². The van der Waals surface area contributed by atoms with E-state index in [1.807, 2.05) is 62.4 Å². The number of aromatic amines is 1. The lowest BCUT2D eigenvalue weighted by atomic mass is 10.0. The second kappa shape index (κ2) is 10.1. The molecule has 4 rings (SSSR count). The van der Waals surface area contributed by atoms with E-state index in [-0.39, 0.29) is 16.7 Å². The minimum absolute atomic E-state index is 0.0434. The average molecular weight is 466 g/mol. The number of ether oxygens (including phenoxy) is 1. The van der Waals surface area contributed by atoms with E-state index >= 15 is 0 Å². The van der Waals surface area contributed by atoms with Crippen LogP contribution in [0.15, 0.2) is 68.0 Å². The van der Waals surface area contributed by atoms with E-state index in [1.54, 1.807) is 11.8 Å². The first-order valence-corrected chi connectivity index (χ1v) is 12.0. The molecule has 0 amide bonds. The summed E-state index contributed by atoms with van der Waals surface area (Å²) in [6.45, 7) is 4.80. The Labute approximate surface area is 196 Å². The van der Waals surface area contributed by atoms with Crippen LogP contribution >= 0.6 is 11.8 Å². The summed E-state index contributed by atoms with van der Waals surface area (Å²) in [5.74, 6) is 0.444. The summed E-state index contributed by atoms with van der Waals surface area (Å²) >= 11 is 1.65. The van der Waals surface area contributed by atoms with Gasteiger partial charge in [-0.25, -0.2) is 4.79 Å². The van der Waals surface area contributed by atoms with Crippen molar-refractivity contribution in [2.24, 2.45) is 4.99 Å². The molecule has 1 aliphatic rings. The summed E-state index contributed by atoms with van der Waals surface area (Å²) in [4.78, 5) is 33.4. The largest absolute Gasteiger partial charge is 0.494 e. The maximum absolute atomic E-state index is 12.9. The SMILES string of the molecule is CCCCn1c(O)c(C2=Nc3ccccc3S[C@H](c3ccccc3OCC)C2)c(=O)[nH]c1=O.